The second kappa shape index (κ2) is 16.1. The maximum absolute atomic E-state index is 12.7. The van der Waals surface area contributed by atoms with Gasteiger partial charge in [0.1, 0.15) is 0 Å². The Morgan fingerprint density at radius 1 is 0.795 bits per heavy atom. The molecule has 44 heavy (non-hydrogen) atoms. The van der Waals surface area contributed by atoms with Gasteiger partial charge in [0.15, 0.2) is 0 Å². The van der Waals surface area contributed by atoms with Crippen LogP contribution in [0.5, 0.6) is 0 Å². The van der Waals surface area contributed by atoms with Crippen LogP contribution >= 0.6 is 0 Å². The molecule has 2 aromatic rings. The summed E-state index contributed by atoms with van der Waals surface area (Å²) in [7, 11) is -3.56. The first kappa shape index (κ1) is 36.8. The quantitative estimate of drug-likeness (QED) is 0.314. The van der Waals surface area contributed by atoms with Crippen molar-refractivity contribution in [1.82, 2.24) is 9.80 Å². The molecular weight excluding hydrogens is 620 g/mol. The predicted octanol–water partition coefficient (Wildman–Crippen LogP) is 5.23. The molecule has 1 saturated heterocycles. The third-order valence-corrected chi connectivity index (χ3v) is 7.95. The lowest BCUT2D eigenvalue weighted by Crippen LogP contribution is -2.46. The van der Waals surface area contributed by atoms with E-state index in [2.05, 4.69) is 21.4 Å². The van der Waals surface area contributed by atoms with Crippen molar-refractivity contribution in [1.29, 1.82) is 0 Å². The van der Waals surface area contributed by atoms with Crippen molar-refractivity contribution in [2.45, 2.75) is 56.4 Å². The number of aryl methyl sites for hydroxylation is 1. The second-order valence-corrected chi connectivity index (χ2v) is 12.0. The van der Waals surface area contributed by atoms with Crippen LogP contribution in [-0.2, 0) is 32.6 Å². The minimum atomic E-state index is -5.08. The molecule has 2 aromatic carbocycles. The molecule has 9 nitrogen and oxygen atoms in total. The van der Waals surface area contributed by atoms with Crippen molar-refractivity contribution >= 4 is 27.6 Å². The topological polar surface area (TPSA) is 127 Å². The van der Waals surface area contributed by atoms with Crippen LogP contribution in [-0.4, -0.2) is 85.4 Å². The van der Waals surface area contributed by atoms with Crippen LogP contribution in [0.3, 0.4) is 0 Å². The van der Waals surface area contributed by atoms with Crippen molar-refractivity contribution in [3.8, 4) is 0 Å². The third-order valence-electron chi connectivity index (χ3n) is 6.55. The van der Waals surface area contributed by atoms with Gasteiger partial charge in [-0.25, -0.2) is 18.0 Å². The van der Waals surface area contributed by atoms with Crippen LogP contribution in [0.1, 0.15) is 37.3 Å². The Bertz CT molecular complexity index is 1280. The van der Waals surface area contributed by atoms with Gasteiger partial charge in [0.2, 0.25) is 0 Å². The van der Waals surface area contributed by atoms with Crippen molar-refractivity contribution in [2.75, 3.05) is 37.4 Å². The number of piperazine rings is 1. The molecule has 0 radical (unpaired) electrons. The predicted molar refractivity (Wildman–Crippen MR) is 150 cm³/mol. The van der Waals surface area contributed by atoms with E-state index in [0.717, 1.165) is 57.0 Å². The van der Waals surface area contributed by atoms with E-state index in [4.69, 9.17) is 19.8 Å². The van der Waals surface area contributed by atoms with Crippen LogP contribution in [0.2, 0.25) is 0 Å². The van der Waals surface area contributed by atoms with Crippen LogP contribution in [0.25, 0.3) is 0 Å². The summed E-state index contributed by atoms with van der Waals surface area (Å²) in [5, 5.41) is 14.2. The maximum Gasteiger partial charge on any atom is 0.490 e. The molecule has 1 aliphatic heterocycles. The zero-order chi connectivity index (χ0) is 33.1. The second-order valence-electron chi connectivity index (χ2n) is 10.3. The zero-order valence-electron chi connectivity index (χ0n) is 23.9. The lowest BCUT2D eigenvalue weighted by molar-refractivity contribution is -0.193. The molecule has 0 spiro atoms. The normalized spacial score (nSPS) is 16.2. The molecule has 0 bridgehead atoms. The van der Waals surface area contributed by atoms with Crippen LogP contribution in [0, 0.1) is 5.92 Å². The molecule has 0 unspecified atom stereocenters. The van der Waals surface area contributed by atoms with Crippen molar-refractivity contribution in [3.05, 3.63) is 59.7 Å². The number of sulfonamides is 1. The van der Waals surface area contributed by atoms with E-state index in [1.165, 1.54) is 24.9 Å². The van der Waals surface area contributed by atoms with Crippen LogP contribution in [0.4, 0.5) is 32.0 Å². The monoisotopic (exact) mass is 655 g/mol. The van der Waals surface area contributed by atoms with E-state index in [9.17, 15) is 34.8 Å². The Morgan fingerprint density at radius 3 is 1.64 bits per heavy atom. The highest BCUT2D eigenvalue weighted by Crippen LogP contribution is 2.30. The summed E-state index contributed by atoms with van der Waals surface area (Å²) >= 11 is 0. The summed E-state index contributed by atoms with van der Waals surface area (Å²) < 4.78 is 91.5. The molecule has 4 rings (SSSR count). The Labute approximate surface area is 251 Å². The Morgan fingerprint density at radius 2 is 1.23 bits per heavy atom. The minimum absolute atomic E-state index is 0.301. The SMILES string of the molecule is CCCc1ccc(S(=O)(=O)Nc2ccc(CN3CCN(CC4CC4)CC3)cc2)cc1.O=C(O)C(F)(F)F.O=C(O)C(F)(F)F. The van der Waals surface area contributed by atoms with E-state index >= 15 is 0 Å². The number of hydrogen-bond acceptors (Lipinski definition) is 6. The van der Waals surface area contributed by atoms with Crippen molar-refractivity contribution in [3.63, 3.8) is 0 Å². The highest BCUT2D eigenvalue weighted by molar-refractivity contribution is 7.92. The first-order chi connectivity index (χ1) is 20.4. The summed E-state index contributed by atoms with van der Waals surface area (Å²) in [6.45, 7) is 8.85. The number of anilines is 1. The molecule has 1 saturated carbocycles. The summed E-state index contributed by atoms with van der Waals surface area (Å²) in [4.78, 5) is 23.2. The van der Waals surface area contributed by atoms with E-state index in [-0.39, 0.29) is 0 Å². The van der Waals surface area contributed by atoms with Crippen LogP contribution < -0.4 is 4.72 Å². The molecule has 2 aliphatic rings. The highest BCUT2D eigenvalue weighted by atomic mass is 32.2. The highest BCUT2D eigenvalue weighted by Gasteiger charge is 2.39. The number of aliphatic carboxylic acids is 2. The van der Waals surface area contributed by atoms with E-state index in [1.54, 1.807) is 12.1 Å². The lowest BCUT2D eigenvalue weighted by Gasteiger charge is -2.34. The molecule has 0 aromatic heterocycles. The van der Waals surface area contributed by atoms with Gasteiger partial charge in [0, 0.05) is 45.0 Å². The van der Waals surface area contributed by atoms with Gasteiger partial charge < -0.3 is 15.1 Å². The molecule has 3 N–H and O–H groups in total. The summed E-state index contributed by atoms with van der Waals surface area (Å²) in [6, 6.07) is 14.9. The van der Waals surface area contributed by atoms with Gasteiger partial charge in [-0.3, -0.25) is 9.62 Å². The van der Waals surface area contributed by atoms with Gasteiger partial charge in [-0.15, -0.1) is 0 Å². The Hall–Kier alpha value is -3.37. The fraction of sp³-hybridized carbons (Fsp3) is 0.500. The van der Waals surface area contributed by atoms with Gasteiger partial charge in [-0.2, -0.15) is 26.3 Å². The van der Waals surface area contributed by atoms with E-state index < -0.39 is 34.3 Å². The molecule has 16 heteroatoms. The number of benzene rings is 2. The summed E-state index contributed by atoms with van der Waals surface area (Å²) in [5.74, 6) is -4.55. The third kappa shape index (κ3) is 13.5. The average Bonchev–Trinajstić information content (AvgIpc) is 3.75. The number of halogens is 6. The number of carboxylic acids is 2. The number of carbonyl (C=O) groups is 2. The summed E-state index contributed by atoms with van der Waals surface area (Å²) in [6.07, 6.45) is -5.32. The van der Waals surface area contributed by atoms with Gasteiger partial charge in [-0.05, 0) is 60.6 Å². The molecular formula is C28H35F6N3O6S. The lowest BCUT2D eigenvalue weighted by atomic mass is 10.1. The number of carboxylic acid groups (broad SMARTS) is 2. The minimum Gasteiger partial charge on any atom is -0.475 e. The van der Waals surface area contributed by atoms with Gasteiger partial charge >= 0.3 is 24.3 Å². The Kier molecular flexibility index (Phi) is 13.5. The first-order valence-electron chi connectivity index (χ1n) is 13.7. The molecule has 2 fully saturated rings. The smallest absolute Gasteiger partial charge is 0.475 e. The summed E-state index contributed by atoms with van der Waals surface area (Å²) in [5.41, 5.74) is 2.98. The number of nitrogens with zero attached hydrogens (tertiary/aromatic N) is 2. The Balaban J connectivity index is 0.000000402. The maximum atomic E-state index is 12.7. The van der Waals surface area contributed by atoms with Gasteiger partial charge in [0.05, 0.1) is 4.90 Å². The van der Waals surface area contributed by atoms with Gasteiger partial charge in [0.25, 0.3) is 10.0 Å². The molecule has 246 valence electrons. The molecule has 0 atom stereocenters. The van der Waals surface area contributed by atoms with Crippen molar-refractivity contribution in [2.24, 2.45) is 5.92 Å². The molecule has 0 amide bonds. The zero-order valence-corrected chi connectivity index (χ0v) is 24.7. The average molecular weight is 656 g/mol. The largest absolute Gasteiger partial charge is 0.490 e. The van der Waals surface area contributed by atoms with E-state index in [0.29, 0.717) is 10.6 Å². The standard InChI is InChI=1S/C24H33N3O2S.2C2HF3O2/c1-2-3-20-8-12-24(13-9-20)30(28,29)25-23-10-6-22(7-11-23)19-27-16-14-26(15-17-27)18-21-4-5-21;2*3-2(4,5)1(6)7/h6-13,21,25H,2-5,14-19H2,1H3;2*(H,6,7). The number of rotatable bonds is 9. The number of alkyl halides is 6. The first-order valence-corrected chi connectivity index (χ1v) is 15.1. The fourth-order valence-electron chi connectivity index (χ4n) is 4.07. The number of nitrogens with one attached hydrogen (secondary N) is 1. The molecule has 1 heterocycles. The fourth-order valence-corrected chi connectivity index (χ4v) is 5.13. The van der Waals surface area contributed by atoms with Crippen molar-refractivity contribution < 1.29 is 54.6 Å². The molecule has 1 aliphatic carbocycles. The van der Waals surface area contributed by atoms with Gasteiger partial charge in [-0.1, -0.05) is 37.6 Å². The van der Waals surface area contributed by atoms with E-state index in [1.807, 2.05) is 36.4 Å². The number of hydrogen-bond donors (Lipinski definition) is 3. The van der Waals surface area contributed by atoms with Crippen LogP contribution in [0.15, 0.2) is 53.4 Å².